The molecule has 1 amide bonds. The Hall–Kier alpha value is -2.21. The Labute approximate surface area is 174 Å². The lowest BCUT2D eigenvalue weighted by Gasteiger charge is -2.27. The zero-order chi connectivity index (χ0) is 18.6. The van der Waals surface area contributed by atoms with Crippen LogP contribution in [0.3, 0.4) is 0 Å². The molecule has 4 nitrogen and oxygen atoms in total. The Bertz CT molecular complexity index is 985. The fourth-order valence-corrected chi connectivity index (χ4v) is 4.60. The third-order valence-corrected chi connectivity index (χ3v) is 6.04. The lowest BCUT2D eigenvalue weighted by Crippen LogP contribution is -2.38. The van der Waals surface area contributed by atoms with Crippen LogP contribution >= 0.6 is 23.7 Å². The van der Waals surface area contributed by atoms with Crippen LogP contribution in [0.4, 0.5) is 0 Å². The van der Waals surface area contributed by atoms with Crippen molar-refractivity contribution >= 4 is 45.5 Å². The standard InChI is InChI=1S/C22H22N2O2S.ClH/c25-20(18-14-27-21-8-4-3-7-17(18)21)9-10-22(26)24-13-19-16-6-2-1-5-15(16)11-12-23-19;/h1-8,14,19,23H,9-13H2,(H,24,26);1H. The van der Waals surface area contributed by atoms with Crippen LogP contribution in [-0.4, -0.2) is 24.8 Å². The first-order valence-corrected chi connectivity index (χ1v) is 10.2. The second-order valence-electron chi connectivity index (χ2n) is 6.83. The summed E-state index contributed by atoms with van der Waals surface area (Å²) in [4.78, 5) is 24.8. The Morgan fingerprint density at radius 3 is 2.75 bits per heavy atom. The van der Waals surface area contributed by atoms with Crippen molar-refractivity contribution in [3.63, 3.8) is 0 Å². The summed E-state index contributed by atoms with van der Waals surface area (Å²) in [6, 6.07) is 16.4. The molecule has 0 bridgehead atoms. The molecule has 1 aliphatic rings. The van der Waals surface area contributed by atoms with Crippen molar-refractivity contribution in [2.45, 2.75) is 25.3 Å². The van der Waals surface area contributed by atoms with Crippen molar-refractivity contribution in [1.82, 2.24) is 10.6 Å². The van der Waals surface area contributed by atoms with Gasteiger partial charge in [0, 0.05) is 46.5 Å². The van der Waals surface area contributed by atoms with Gasteiger partial charge in [0.15, 0.2) is 5.78 Å². The van der Waals surface area contributed by atoms with Gasteiger partial charge in [0.25, 0.3) is 0 Å². The van der Waals surface area contributed by atoms with E-state index in [0.717, 1.165) is 28.6 Å². The molecule has 2 heterocycles. The van der Waals surface area contributed by atoms with E-state index < -0.39 is 0 Å². The summed E-state index contributed by atoms with van der Waals surface area (Å²) in [6.07, 6.45) is 1.47. The number of halogens is 1. The predicted octanol–water partition coefficient (Wildman–Crippen LogP) is 4.29. The van der Waals surface area contributed by atoms with Crippen LogP contribution in [0, 0.1) is 0 Å². The number of nitrogens with one attached hydrogen (secondary N) is 2. The number of benzene rings is 2. The van der Waals surface area contributed by atoms with E-state index in [1.807, 2.05) is 35.7 Å². The van der Waals surface area contributed by atoms with Crippen molar-refractivity contribution in [3.8, 4) is 0 Å². The molecule has 4 rings (SSSR count). The van der Waals surface area contributed by atoms with Gasteiger partial charge < -0.3 is 10.6 Å². The van der Waals surface area contributed by atoms with Gasteiger partial charge in [-0.05, 0) is 30.2 Å². The minimum atomic E-state index is -0.0762. The number of rotatable bonds is 6. The van der Waals surface area contributed by atoms with Crippen LogP contribution < -0.4 is 10.6 Å². The van der Waals surface area contributed by atoms with Crippen LogP contribution in [-0.2, 0) is 11.2 Å². The number of carbonyl (C=O) groups is 2. The Kier molecular flexibility index (Phi) is 6.83. The van der Waals surface area contributed by atoms with Gasteiger partial charge in [0.2, 0.25) is 5.91 Å². The summed E-state index contributed by atoms with van der Waals surface area (Å²) in [6.45, 7) is 1.46. The van der Waals surface area contributed by atoms with E-state index in [1.54, 1.807) is 11.3 Å². The molecule has 1 atom stereocenters. The van der Waals surface area contributed by atoms with Crippen LogP contribution in [0.25, 0.3) is 10.1 Å². The smallest absolute Gasteiger partial charge is 0.220 e. The van der Waals surface area contributed by atoms with Gasteiger partial charge in [-0.2, -0.15) is 0 Å². The van der Waals surface area contributed by atoms with Crippen molar-refractivity contribution < 1.29 is 9.59 Å². The number of carbonyl (C=O) groups excluding carboxylic acids is 2. The molecule has 0 saturated heterocycles. The average Bonchev–Trinajstić information content (AvgIpc) is 3.14. The van der Waals surface area contributed by atoms with Crippen LogP contribution in [0.15, 0.2) is 53.9 Å². The maximum absolute atomic E-state index is 12.5. The maximum atomic E-state index is 12.5. The van der Waals surface area contributed by atoms with Gasteiger partial charge in [0.05, 0.1) is 0 Å². The quantitative estimate of drug-likeness (QED) is 0.591. The molecule has 3 aromatic rings. The van der Waals surface area contributed by atoms with Crippen LogP contribution in [0.5, 0.6) is 0 Å². The van der Waals surface area contributed by atoms with Crippen molar-refractivity contribution in [2.24, 2.45) is 0 Å². The highest BCUT2D eigenvalue weighted by Gasteiger charge is 2.20. The maximum Gasteiger partial charge on any atom is 0.220 e. The van der Waals surface area contributed by atoms with Gasteiger partial charge in [0.1, 0.15) is 0 Å². The Morgan fingerprint density at radius 2 is 1.86 bits per heavy atom. The minimum Gasteiger partial charge on any atom is -0.354 e. The molecule has 1 unspecified atom stereocenters. The highest BCUT2D eigenvalue weighted by atomic mass is 35.5. The third-order valence-electron chi connectivity index (χ3n) is 5.08. The highest BCUT2D eigenvalue weighted by molar-refractivity contribution is 7.17. The van der Waals surface area contributed by atoms with Crippen molar-refractivity contribution in [3.05, 3.63) is 70.6 Å². The van der Waals surface area contributed by atoms with Crippen molar-refractivity contribution in [2.75, 3.05) is 13.1 Å². The first-order valence-electron chi connectivity index (χ1n) is 9.29. The van der Waals surface area contributed by atoms with Crippen LogP contribution in [0.2, 0.25) is 0 Å². The number of amides is 1. The van der Waals surface area contributed by atoms with E-state index in [0.29, 0.717) is 6.54 Å². The van der Waals surface area contributed by atoms with Gasteiger partial charge in [-0.3, -0.25) is 9.59 Å². The van der Waals surface area contributed by atoms with E-state index in [2.05, 4.69) is 28.8 Å². The second kappa shape index (κ2) is 9.32. The monoisotopic (exact) mass is 414 g/mol. The fourth-order valence-electron chi connectivity index (χ4n) is 3.63. The van der Waals surface area contributed by atoms with Gasteiger partial charge in [-0.1, -0.05) is 42.5 Å². The van der Waals surface area contributed by atoms with Crippen LogP contribution in [0.1, 0.15) is 40.4 Å². The number of ketones is 1. The summed E-state index contributed by atoms with van der Waals surface area (Å²) in [5.74, 6) is -0.0449. The topological polar surface area (TPSA) is 58.2 Å². The molecule has 1 aromatic heterocycles. The molecule has 146 valence electrons. The second-order valence-corrected chi connectivity index (χ2v) is 7.74. The third kappa shape index (κ3) is 4.43. The molecule has 0 aliphatic carbocycles. The van der Waals surface area contributed by atoms with E-state index >= 15 is 0 Å². The zero-order valence-electron chi connectivity index (χ0n) is 15.4. The van der Waals surface area contributed by atoms with Crippen molar-refractivity contribution in [1.29, 1.82) is 0 Å². The van der Waals surface area contributed by atoms with Gasteiger partial charge >= 0.3 is 0 Å². The summed E-state index contributed by atoms with van der Waals surface area (Å²) < 4.78 is 1.10. The summed E-state index contributed by atoms with van der Waals surface area (Å²) in [5.41, 5.74) is 3.33. The highest BCUT2D eigenvalue weighted by Crippen LogP contribution is 2.27. The van der Waals surface area contributed by atoms with E-state index in [-0.39, 0.29) is 43.0 Å². The minimum absolute atomic E-state index is 0. The number of Topliss-reactive ketones (excluding diaryl/α,β-unsaturated/α-hetero) is 1. The molecule has 28 heavy (non-hydrogen) atoms. The lowest BCUT2D eigenvalue weighted by molar-refractivity contribution is -0.121. The molecule has 6 heteroatoms. The summed E-state index contributed by atoms with van der Waals surface area (Å²) >= 11 is 1.57. The van der Waals surface area contributed by atoms with Gasteiger partial charge in [-0.15, -0.1) is 23.7 Å². The first-order chi connectivity index (χ1) is 13.2. The molecule has 0 spiro atoms. The van der Waals surface area contributed by atoms with E-state index in [4.69, 9.17) is 0 Å². The first kappa shape index (κ1) is 20.5. The molecule has 2 N–H and O–H groups in total. The largest absolute Gasteiger partial charge is 0.354 e. The average molecular weight is 415 g/mol. The molecular weight excluding hydrogens is 392 g/mol. The lowest BCUT2D eigenvalue weighted by atomic mass is 9.94. The number of fused-ring (bicyclic) bond motifs is 2. The van der Waals surface area contributed by atoms with E-state index in [9.17, 15) is 9.59 Å². The zero-order valence-corrected chi connectivity index (χ0v) is 17.1. The normalized spacial score (nSPS) is 15.5. The Balaban J connectivity index is 0.00000225. The molecule has 0 fully saturated rings. The summed E-state index contributed by atoms with van der Waals surface area (Å²) in [5, 5.41) is 9.32. The number of hydrogen-bond donors (Lipinski definition) is 2. The van der Waals surface area contributed by atoms with Gasteiger partial charge in [-0.25, -0.2) is 0 Å². The van der Waals surface area contributed by atoms with E-state index in [1.165, 1.54) is 11.1 Å². The molecule has 0 saturated carbocycles. The SMILES string of the molecule is Cl.O=C(CCC(=O)c1csc2ccccc12)NCC1NCCc2ccccc21. The Morgan fingerprint density at radius 1 is 1.07 bits per heavy atom. The molecule has 1 aliphatic heterocycles. The molecule has 2 aromatic carbocycles. The summed E-state index contributed by atoms with van der Waals surface area (Å²) in [7, 11) is 0. The number of thiophene rings is 1. The molecule has 0 radical (unpaired) electrons. The molecular formula is C22H23ClN2O2S. The number of hydrogen-bond acceptors (Lipinski definition) is 4. The fraction of sp³-hybridized carbons (Fsp3) is 0.273. The predicted molar refractivity (Wildman–Crippen MR) is 117 cm³/mol.